The normalized spacial score (nSPS) is 20.0. The lowest BCUT2D eigenvalue weighted by molar-refractivity contribution is -0.134. The van der Waals surface area contributed by atoms with E-state index in [0.29, 0.717) is 31.3 Å². The fourth-order valence-electron chi connectivity index (χ4n) is 6.25. The van der Waals surface area contributed by atoms with Crippen LogP contribution in [0.4, 0.5) is 4.79 Å². The topological polar surface area (TPSA) is 79.5 Å². The molecule has 5 rings (SSSR count). The highest BCUT2D eigenvalue weighted by Gasteiger charge is 2.36. The molecule has 3 heterocycles. The highest BCUT2D eigenvalue weighted by Crippen LogP contribution is 2.46. The molecule has 1 aromatic carbocycles. The van der Waals surface area contributed by atoms with E-state index in [1.165, 1.54) is 16.7 Å². The van der Waals surface area contributed by atoms with Crippen LogP contribution in [0.15, 0.2) is 33.3 Å². The molecule has 2 aromatic rings. The van der Waals surface area contributed by atoms with Crippen LogP contribution < -0.4 is 5.73 Å². The number of terminal acetylenes is 1. The van der Waals surface area contributed by atoms with Crippen molar-refractivity contribution in [2.75, 3.05) is 26.2 Å². The number of nitrogens with two attached hydrogens (primary N) is 1. The molecule has 1 atom stereocenters. The average molecular weight is 665 g/mol. The van der Waals surface area contributed by atoms with Gasteiger partial charge in [0.1, 0.15) is 0 Å². The molecule has 38 heavy (non-hydrogen) atoms. The van der Waals surface area contributed by atoms with Crippen LogP contribution in [0.25, 0.3) is 0 Å². The second kappa shape index (κ2) is 12.8. The number of primary amides is 1. The summed E-state index contributed by atoms with van der Waals surface area (Å²) in [5.74, 6) is 1.14. The van der Waals surface area contributed by atoms with Gasteiger partial charge in [-0.25, -0.2) is 4.79 Å². The molecule has 1 unspecified atom stereocenters. The Morgan fingerprint density at radius 1 is 0.974 bits per heavy atom. The van der Waals surface area contributed by atoms with Crippen molar-refractivity contribution >= 4 is 55.4 Å². The zero-order valence-corrected chi connectivity index (χ0v) is 25.3. The summed E-state index contributed by atoms with van der Waals surface area (Å²) in [6.07, 6.45) is 15.9. The summed E-state index contributed by atoms with van der Waals surface area (Å²) >= 11 is 13.9. The first-order valence-electron chi connectivity index (χ1n) is 13.1. The van der Waals surface area contributed by atoms with Crippen LogP contribution in [0.5, 0.6) is 0 Å². The third-order valence-electron chi connectivity index (χ3n) is 8.17. The number of benzene rings is 1. The summed E-state index contributed by atoms with van der Waals surface area (Å²) in [5, 5.41) is 0.751. The zero-order valence-electron chi connectivity index (χ0n) is 21.3. The van der Waals surface area contributed by atoms with Crippen LogP contribution in [0, 0.1) is 24.7 Å². The number of halogens is 3. The largest absolute Gasteiger partial charge is 0.351 e. The molecule has 3 amide bonds. The van der Waals surface area contributed by atoms with Crippen molar-refractivity contribution in [3.8, 4) is 12.8 Å². The van der Waals surface area contributed by atoms with Crippen LogP contribution in [-0.2, 0) is 17.6 Å². The second-order valence-corrected chi connectivity index (χ2v) is 12.5. The summed E-state index contributed by atoms with van der Waals surface area (Å²) in [6, 6.07) is 5.95. The van der Waals surface area contributed by atoms with Crippen LogP contribution in [0.1, 0.15) is 60.4 Å². The van der Waals surface area contributed by atoms with Crippen LogP contribution in [0.2, 0.25) is 5.02 Å². The van der Waals surface area contributed by atoms with Crippen molar-refractivity contribution < 1.29 is 9.59 Å². The van der Waals surface area contributed by atoms with E-state index in [9.17, 15) is 9.59 Å². The number of urea groups is 1. The van der Waals surface area contributed by atoms with Crippen molar-refractivity contribution in [3.05, 3.63) is 60.7 Å². The molecule has 9 heteroatoms. The van der Waals surface area contributed by atoms with Gasteiger partial charge in [0, 0.05) is 58.7 Å². The quantitative estimate of drug-likeness (QED) is 0.400. The number of pyridine rings is 1. The minimum Gasteiger partial charge on any atom is -0.351 e. The van der Waals surface area contributed by atoms with E-state index >= 15 is 0 Å². The fraction of sp³-hybridized carbons (Fsp3) is 0.483. The second-order valence-electron chi connectivity index (χ2n) is 10.3. The molecule has 1 aromatic heterocycles. The average Bonchev–Trinajstić information content (AvgIpc) is 3.07. The number of rotatable bonds is 3. The van der Waals surface area contributed by atoms with E-state index in [0.717, 1.165) is 71.3 Å². The number of carbonyl (C=O) groups excluding carboxylic acids is 2. The predicted octanol–water partition coefficient (Wildman–Crippen LogP) is 6.16. The van der Waals surface area contributed by atoms with Crippen LogP contribution >= 0.6 is 43.5 Å². The molecule has 3 aliphatic rings. The minimum absolute atomic E-state index is 0.174. The third kappa shape index (κ3) is 6.38. The number of nitrogens with zero attached hydrogens (tertiary/aromatic N) is 3. The van der Waals surface area contributed by atoms with Gasteiger partial charge in [-0.3, -0.25) is 9.78 Å². The molecule has 2 saturated heterocycles. The first-order valence-corrected chi connectivity index (χ1v) is 15.0. The molecular formula is C29H33Br2ClN4O2. The Morgan fingerprint density at radius 3 is 2.26 bits per heavy atom. The zero-order chi connectivity index (χ0) is 27.4. The summed E-state index contributed by atoms with van der Waals surface area (Å²) < 4.78 is 2.05. The van der Waals surface area contributed by atoms with E-state index in [1.54, 1.807) is 4.90 Å². The Morgan fingerprint density at radius 2 is 1.61 bits per heavy atom. The molecule has 0 radical (unpaired) electrons. The highest BCUT2D eigenvalue weighted by atomic mass is 79.9. The first kappa shape index (κ1) is 28.9. The molecule has 0 saturated carbocycles. The standard InChI is InChI=1S/C27H31Br2ClN4O2.C2H2/c28-20-12-19-2-1-18-13-21(30)14-22(29)24(18)25(26(19)32-15-20)17-5-9-33(10-6-17)23(35)11-16-3-7-34(8-4-16)27(31)36;1-2/h12-17,25H,1-11H2,(H2,31,36);1-2H. The van der Waals surface area contributed by atoms with E-state index < -0.39 is 0 Å². The smallest absolute Gasteiger partial charge is 0.314 e. The summed E-state index contributed by atoms with van der Waals surface area (Å²) in [6.45, 7) is 2.84. The highest BCUT2D eigenvalue weighted by molar-refractivity contribution is 9.10. The predicted molar refractivity (Wildman–Crippen MR) is 158 cm³/mol. The van der Waals surface area contributed by atoms with Crippen LogP contribution in [0.3, 0.4) is 0 Å². The Bertz CT molecular complexity index is 1200. The number of aromatic nitrogens is 1. The number of hydrogen-bond donors (Lipinski definition) is 1. The molecule has 1 aliphatic carbocycles. The van der Waals surface area contributed by atoms with Gasteiger partial charge >= 0.3 is 6.03 Å². The first-order chi connectivity index (χ1) is 18.3. The van der Waals surface area contributed by atoms with Crippen molar-refractivity contribution in [2.45, 2.75) is 50.9 Å². The molecule has 2 aliphatic heterocycles. The van der Waals surface area contributed by atoms with Gasteiger partial charge < -0.3 is 15.5 Å². The fourth-order valence-corrected chi connectivity index (χ4v) is 7.75. The van der Waals surface area contributed by atoms with Gasteiger partial charge in [0.2, 0.25) is 5.91 Å². The SMILES string of the molecule is C#C.NC(=O)N1CCC(CC(=O)N2CCC(C3c4ncc(Br)cc4CCc4cc(Cl)cc(Br)c43)CC2)CC1. The van der Waals surface area contributed by atoms with Crippen molar-refractivity contribution in [1.29, 1.82) is 0 Å². The van der Waals surface area contributed by atoms with Crippen LogP contribution in [-0.4, -0.2) is 52.9 Å². The number of piperidine rings is 2. The van der Waals surface area contributed by atoms with Gasteiger partial charge in [-0.1, -0.05) is 27.5 Å². The molecule has 6 nitrogen and oxygen atoms in total. The lowest BCUT2D eigenvalue weighted by Crippen LogP contribution is -2.44. The van der Waals surface area contributed by atoms with E-state index in [4.69, 9.17) is 22.3 Å². The van der Waals surface area contributed by atoms with Gasteiger partial charge in [-0.05, 0) is 101 Å². The lowest BCUT2D eigenvalue weighted by Gasteiger charge is -2.38. The van der Waals surface area contributed by atoms with Crippen molar-refractivity contribution in [2.24, 2.45) is 17.6 Å². The van der Waals surface area contributed by atoms with E-state index in [1.807, 2.05) is 17.2 Å². The number of aryl methyl sites for hydroxylation is 2. The number of carbonyl (C=O) groups is 2. The molecule has 202 valence electrons. The van der Waals surface area contributed by atoms with Gasteiger partial charge in [0.05, 0.1) is 5.69 Å². The molecule has 0 spiro atoms. The lowest BCUT2D eigenvalue weighted by atomic mass is 9.76. The molecule has 2 N–H and O–H groups in total. The number of fused-ring (bicyclic) bond motifs is 2. The Labute approximate surface area is 246 Å². The minimum atomic E-state index is -0.362. The molecule has 2 fully saturated rings. The van der Waals surface area contributed by atoms with Crippen molar-refractivity contribution in [3.63, 3.8) is 0 Å². The van der Waals surface area contributed by atoms with Gasteiger partial charge in [-0.15, -0.1) is 12.8 Å². The molecule has 0 bridgehead atoms. The Kier molecular flexibility index (Phi) is 9.78. The van der Waals surface area contributed by atoms with Gasteiger partial charge in [-0.2, -0.15) is 0 Å². The Balaban J connectivity index is 0.00000164. The monoisotopic (exact) mass is 662 g/mol. The number of likely N-dealkylation sites (tertiary alicyclic amines) is 2. The van der Waals surface area contributed by atoms with E-state index in [-0.39, 0.29) is 17.9 Å². The summed E-state index contributed by atoms with van der Waals surface area (Å²) in [4.78, 5) is 33.2. The molecular weight excluding hydrogens is 632 g/mol. The van der Waals surface area contributed by atoms with E-state index in [2.05, 4.69) is 56.8 Å². The maximum atomic E-state index is 13.1. The van der Waals surface area contributed by atoms with Gasteiger partial charge in [0.25, 0.3) is 0 Å². The van der Waals surface area contributed by atoms with Crippen molar-refractivity contribution in [1.82, 2.24) is 14.8 Å². The maximum absolute atomic E-state index is 13.1. The number of amides is 3. The third-order valence-corrected chi connectivity index (χ3v) is 9.48. The maximum Gasteiger partial charge on any atom is 0.314 e. The Hall–Kier alpha value is -2.08. The summed E-state index contributed by atoms with van der Waals surface area (Å²) in [5.41, 5.74) is 10.4. The number of hydrogen-bond acceptors (Lipinski definition) is 3. The van der Waals surface area contributed by atoms with Gasteiger partial charge in [0.15, 0.2) is 0 Å². The summed E-state index contributed by atoms with van der Waals surface area (Å²) in [7, 11) is 0.